The highest BCUT2D eigenvalue weighted by molar-refractivity contribution is 5.21. The zero-order valence-corrected chi connectivity index (χ0v) is 11.7. The summed E-state index contributed by atoms with van der Waals surface area (Å²) < 4.78 is 5.07. The number of nitrogens with one attached hydrogen (secondary N) is 1. The van der Waals surface area contributed by atoms with Crippen LogP contribution in [-0.2, 0) is 17.9 Å². The van der Waals surface area contributed by atoms with Gasteiger partial charge in [-0.1, -0.05) is 38.1 Å². The molecule has 0 spiro atoms. The summed E-state index contributed by atoms with van der Waals surface area (Å²) in [6, 6.07) is 8.34. The number of hydrogen-bond donors (Lipinski definition) is 2. The number of rotatable bonds is 8. The van der Waals surface area contributed by atoms with Crippen LogP contribution in [0.5, 0.6) is 0 Å². The van der Waals surface area contributed by atoms with Crippen molar-refractivity contribution in [2.24, 2.45) is 0 Å². The van der Waals surface area contributed by atoms with Crippen molar-refractivity contribution in [3.05, 3.63) is 35.4 Å². The van der Waals surface area contributed by atoms with Crippen LogP contribution < -0.4 is 5.32 Å². The molecule has 0 unspecified atom stereocenters. The summed E-state index contributed by atoms with van der Waals surface area (Å²) >= 11 is 0. The molecule has 0 bridgehead atoms. The van der Waals surface area contributed by atoms with Crippen LogP contribution in [0.1, 0.15) is 37.8 Å². The normalized spacial score (nSPS) is 11.8. The van der Waals surface area contributed by atoms with Gasteiger partial charge in [0.1, 0.15) is 0 Å². The Hall–Kier alpha value is -0.900. The molecule has 2 N–H and O–H groups in total. The van der Waals surface area contributed by atoms with Gasteiger partial charge in [0.15, 0.2) is 0 Å². The summed E-state index contributed by atoms with van der Waals surface area (Å²) in [7, 11) is 1.70. The van der Waals surface area contributed by atoms with Crippen molar-refractivity contribution in [2.45, 2.75) is 45.4 Å². The van der Waals surface area contributed by atoms with E-state index in [1.807, 2.05) is 13.8 Å². The van der Waals surface area contributed by atoms with E-state index in [0.717, 1.165) is 19.4 Å². The Bertz CT molecular complexity index is 331. The van der Waals surface area contributed by atoms with Crippen molar-refractivity contribution < 1.29 is 9.84 Å². The monoisotopic (exact) mass is 251 g/mol. The quantitative estimate of drug-likeness (QED) is 0.746. The highest BCUT2D eigenvalue weighted by Gasteiger charge is 2.20. The van der Waals surface area contributed by atoms with Crippen molar-refractivity contribution in [1.29, 1.82) is 0 Å². The molecular formula is C15H25NO2. The first-order valence-corrected chi connectivity index (χ1v) is 6.63. The van der Waals surface area contributed by atoms with E-state index in [2.05, 4.69) is 29.6 Å². The SMILES string of the molecule is CCC(O)(CC)CNCc1ccc(COC)cc1. The van der Waals surface area contributed by atoms with Crippen LogP contribution in [0.3, 0.4) is 0 Å². The summed E-state index contributed by atoms with van der Waals surface area (Å²) in [4.78, 5) is 0. The lowest BCUT2D eigenvalue weighted by molar-refractivity contribution is 0.0323. The molecule has 3 nitrogen and oxygen atoms in total. The Balaban J connectivity index is 2.39. The lowest BCUT2D eigenvalue weighted by Crippen LogP contribution is -2.39. The minimum absolute atomic E-state index is 0.573. The fourth-order valence-electron chi connectivity index (χ4n) is 1.86. The lowest BCUT2D eigenvalue weighted by Gasteiger charge is -2.25. The summed E-state index contributed by atoms with van der Waals surface area (Å²) in [6.07, 6.45) is 1.56. The molecule has 1 aromatic carbocycles. The van der Waals surface area contributed by atoms with Gasteiger partial charge in [-0.15, -0.1) is 0 Å². The molecule has 1 aromatic rings. The van der Waals surface area contributed by atoms with Crippen molar-refractivity contribution in [2.75, 3.05) is 13.7 Å². The summed E-state index contributed by atoms with van der Waals surface area (Å²) in [5, 5.41) is 13.5. The second-order valence-corrected chi connectivity index (χ2v) is 4.78. The van der Waals surface area contributed by atoms with Crippen LogP contribution in [0.4, 0.5) is 0 Å². The van der Waals surface area contributed by atoms with Gasteiger partial charge in [0.25, 0.3) is 0 Å². The van der Waals surface area contributed by atoms with Gasteiger partial charge >= 0.3 is 0 Å². The van der Waals surface area contributed by atoms with Crippen molar-refractivity contribution >= 4 is 0 Å². The maximum Gasteiger partial charge on any atom is 0.0766 e. The average molecular weight is 251 g/mol. The predicted molar refractivity (Wildman–Crippen MR) is 74.4 cm³/mol. The van der Waals surface area contributed by atoms with Crippen LogP contribution in [-0.4, -0.2) is 24.4 Å². The number of methoxy groups -OCH3 is 1. The first kappa shape index (κ1) is 15.2. The highest BCUT2D eigenvalue weighted by atomic mass is 16.5. The Morgan fingerprint density at radius 3 is 2.17 bits per heavy atom. The molecule has 0 aliphatic carbocycles. The van der Waals surface area contributed by atoms with Gasteiger partial charge < -0.3 is 15.2 Å². The molecule has 1 rings (SSSR count). The minimum atomic E-state index is -0.573. The highest BCUT2D eigenvalue weighted by Crippen LogP contribution is 2.13. The molecule has 0 atom stereocenters. The molecule has 18 heavy (non-hydrogen) atoms. The number of aliphatic hydroxyl groups is 1. The molecule has 0 aliphatic heterocycles. The molecule has 3 heteroatoms. The van der Waals surface area contributed by atoms with Crippen molar-refractivity contribution in [3.63, 3.8) is 0 Å². The first-order valence-electron chi connectivity index (χ1n) is 6.63. The van der Waals surface area contributed by atoms with Crippen molar-refractivity contribution in [3.8, 4) is 0 Å². The second kappa shape index (κ2) is 7.52. The van der Waals surface area contributed by atoms with Gasteiger partial charge in [0, 0.05) is 20.2 Å². The van der Waals surface area contributed by atoms with Crippen LogP contribution >= 0.6 is 0 Å². The topological polar surface area (TPSA) is 41.5 Å². The minimum Gasteiger partial charge on any atom is -0.389 e. The molecule has 0 radical (unpaired) electrons. The summed E-state index contributed by atoms with van der Waals surface area (Å²) in [5.41, 5.74) is 1.83. The molecule has 0 amide bonds. The summed E-state index contributed by atoms with van der Waals surface area (Å²) in [6.45, 7) is 6.12. The second-order valence-electron chi connectivity index (χ2n) is 4.78. The van der Waals surface area contributed by atoms with Gasteiger partial charge in [0.2, 0.25) is 0 Å². The number of ether oxygens (including phenoxy) is 1. The average Bonchev–Trinajstić information content (AvgIpc) is 2.41. The Morgan fingerprint density at radius 2 is 1.67 bits per heavy atom. The molecular weight excluding hydrogens is 226 g/mol. The third-order valence-corrected chi connectivity index (χ3v) is 3.43. The maximum atomic E-state index is 10.1. The largest absolute Gasteiger partial charge is 0.389 e. The molecule has 0 fully saturated rings. The van der Waals surface area contributed by atoms with E-state index in [0.29, 0.717) is 13.2 Å². The molecule has 0 aliphatic rings. The number of hydrogen-bond acceptors (Lipinski definition) is 3. The third-order valence-electron chi connectivity index (χ3n) is 3.43. The van der Waals surface area contributed by atoms with Gasteiger partial charge in [-0.2, -0.15) is 0 Å². The molecule has 102 valence electrons. The Labute approximate surface area is 110 Å². The van der Waals surface area contributed by atoms with E-state index in [1.54, 1.807) is 7.11 Å². The van der Waals surface area contributed by atoms with E-state index in [4.69, 9.17) is 4.74 Å². The molecule has 0 aromatic heterocycles. The van der Waals surface area contributed by atoms with Gasteiger partial charge in [0.05, 0.1) is 12.2 Å². The smallest absolute Gasteiger partial charge is 0.0766 e. The molecule has 0 heterocycles. The Kier molecular flexibility index (Phi) is 6.33. The van der Waals surface area contributed by atoms with E-state index in [-0.39, 0.29) is 0 Å². The van der Waals surface area contributed by atoms with Crippen LogP contribution in [0.15, 0.2) is 24.3 Å². The van der Waals surface area contributed by atoms with Crippen molar-refractivity contribution in [1.82, 2.24) is 5.32 Å². The van der Waals surface area contributed by atoms with Crippen LogP contribution in [0.2, 0.25) is 0 Å². The van der Waals surface area contributed by atoms with Gasteiger partial charge in [-0.25, -0.2) is 0 Å². The fourth-order valence-corrected chi connectivity index (χ4v) is 1.86. The molecule has 0 saturated heterocycles. The van der Waals surface area contributed by atoms with E-state index >= 15 is 0 Å². The summed E-state index contributed by atoms with van der Waals surface area (Å²) in [5.74, 6) is 0. The van der Waals surface area contributed by atoms with E-state index in [9.17, 15) is 5.11 Å². The first-order chi connectivity index (χ1) is 8.63. The van der Waals surface area contributed by atoms with Crippen LogP contribution in [0.25, 0.3) is 0 Å². The molecule has 0 saturated carbocycles. The lowest BCUT2D eigenvalue weighted by atomic mass is 9.97. The van der Waals surface area contributed by atoms with Crippen LogP contribution in [0, 0.1) is 0 Å². The maximum absolute atomic E-state index is 10.1. The fraction of sp³-hybridized carbons (Fsp3) is 0.600. The zero-order valence-electron chi connectivity index (χ0n) is 11.7. The van der Waals surface area contributed by atoms with E-state index < -0.39 is 5.60 Å². The van der Waals surface area contributed by atoms with Gasteiger partial charge in [-0.3, -0.25) is 0 Å². The standard InChI is InChI=1S/C15H25NO2/c1-4-15(17,5-2)12-16-10-13-6-8-14(9-7-13)11-18-3/h6-9,16-17H,4-5,10-12H2,1-3H3. The van der Waals surface area contributed by atoms with E-state index in [1.165, 1.54) is 11.1 Å². The van der Waals surface area contributed by atoms with Gasteiger partial charge in [-0.05, 0) is 24.0 Å². The predicted octanol–water partition coefficient (Wildman–Crippen LogP) is 2.47. The zero-order chi connectivity index (χ0) is 13.4. The third kappa shape index (κ3) is 4.77. The Morgan fingerprint density at radius 1 is 1.11 bits per heavy atom. The number of benzene rings is 1.